The van der Waals surface area contributed by atoms with E-state index in [2.05, 4.69) is 4.74 Å². The maximum absolute atomic E-state index is 12.9. The first-order chi connectivity index (χ1) is 6.92. The molecule has 2 rings (SSSR count). The van der Waals surface area contributed by atoms with Crippen molar-refractivity contribution in [1.82, 2.24) is 0 Å². The van der Waals surface area contributed by atoms with Crippen LogP contribution in [0.1, 0.15) is 28.9 Å². The number of Topliss-reactive ketones (excluding diaryl/α,β-unsaturated/α-hetero) is 1. The van der Waals surface area contributed by atoms with E-state index in [4.69, 9.17) is 0 Å². The zero-order valence-electron chi connectivity index (χ0n) is 7.83. The summed E-state index contributed by atoms with van der Waals surface area (Å²) < 4.78 is 30.1. The fourth-order valence-corrected chi connectivity index (χ4v) is 1.46. The van der Waals surface area contributed by atoms with Gasteiger partial charge in [-0.1, -0.05) is 0 Å². The molecule has 15 heavy (non-hydrogen) atoms. The quantitative estimate of drug-likeness (QED) is 0.726. The predicted octanol–water partition coefficient (Wildman–Crippen LogP) is 1.91. The average molecular weight is 214 g/mol. The minimum atomic E-state index is -3.61. The lowest BCUT2D eigenvalue weighted by Crippen LogP contribution is -2.26. The summed E-state index contributed by atoms with van der Waals surface area (Å²) in [5, 5.41) is 9.23. The molecule has 0 bridgehead atoms. The Bertz CT molecular complexity index is 429. The van der Waals surface area contributed by atoms with Crippen LogP contribution in [0, 0.1) is 0 Å². The Balaban J connectivity index is 2.49. The van der Waals surface area contributed by atoms with E-state index in [-0.39, 0.29) is 22.7 Å². The topological polar surface area (TPSA) is 46.5 Å². The summed E-state index contributed by atoms with van der Waals surface area (Å²) in [6.45, 7) is 1.32. The van der Waals surface area contributed by atoms with Gasteiger partial charge in [-0.05, 0) is 25.1 Å². The molecule has 0 spiro atoms. The minimum Gasteiger partial charge on any atom is -0.430 e. The van der Waals surface area contributed by atoms with E-state index in [9.17, 15) is 18.7 Å². The number of aliphatic hydroxyl groups excluding tert-OH is 1. The molecule has 5 heteroatoms. The zero-order valence-corrected chi connectivity index (χ0v) is 7.83. The summed E-state index contributed by atoms with van der Waals surface area (Å²) in [7, 11) is 0. The Morgan fingerprint density at radius 3 is 2.80 bits per heavy atom. The normalized spacial score (nSPS) is 22.0. The molecular weight excluding hydrogens is 206 g/mol. The maximum atomic E-state index is 12.9. The molecule has 1 aliphatic rings. The van der Waals surface area contributed by atoms with Crippen molar-refractivity contribution in [2.45, 2.75) is 19.1 Å². The van der Waals surface area contributed by atoms with Gasteiger partial charge in [0, 0.05) is 11.1 Å². The Kier molecular flexibility index (Phi) is 2.01. The number of carbonyl (C=O) groups is 1. The average Bonchev–Trinajstić information content (AvgIpc) is 2.37. The molecule has 0 radical (unpaired) electrons. The number of fused-ring (bicyclic) bond motifs is 1. The van der Waals surface area contributed by atoms with Crippen molar-refractivity contribution in [3.05, 3.63) is 29.3 Å². The lowest BCUT2D eigenvalue weighted by molar-refractivity contribution is -0.224. The lowest BCUT2D eigenvalue weighted by Gasteiger charge is -2.11. The van der Waals surface area contributed by atoms with Gasteiger partial charge in [0.1, 0.15) is 5.75 Å². The number of rotatable bonds is 1. The fourth-order valence-electron chi connectivity index (χ4n) is 1.46. The molecule has 0 saturated heterocycles. The van der Waals surface area contributed by atoms with E-state index in [0.29, 0.717) is 0 Å². The Labute approximate surface area is 84.3 Å². The van der Waals surface area contributed by atoms with E-state index >= 15 is 0 Å². The van der Waals surface area contributed by atoms with Crippen LogP contribution < -0.4 is 4.74 Å². The highest BCUT2D eigenvalue weighted by molar-refractivity contribution is 5.94. The maximum Gasteiger partial charge on any atom is 0.429 e. The molecule has 1 aliphatic heterocycles. The summed E-state index contributed by atoms with van der Waals surface area (Å²) in [5.41, 5.74) is 0.224. The van der Waals surface area contributed by atoms with Gasteiger partial charge in [0.2, 0.25) is 0 Å². The van der Waals surface area contributed by atoms with E-state index in [1.54, 1.807) is 0 Å². The third-order valence-electron chi connectivity index (χ3n) is 2.28. The first kappa shape index (κ1) is 10.0. The summed E-state index contributed by atoms with van der Waals surface area (Å²) in [4.78, 5) is 11.0. The molecular formula is C10H8F2O3. The molecule has 1 heterocycles. The SMILES string of the molecule is CC(=O)c1ccc2c(c1)C(O)C(F)(F)O2. The number of hydrogen-bond acceptors (Lipinski definition) is 3. The van der Waals surface area contributed by atoms with Gasteiger partial charge in [-0.15, -0.1) is 0 Å². The second-order valence-corrected chi connectivity index (χ2v) is 3.38. The minimum absolute atomic E-state index is 0.0484. The Hall–Kier alpha value is -1.49. The third kappa shape index (κ3) is 1.48. The van der Waals surface area contributed by atoms with Crippen LogP contribution >= 0.6 is 0 Å². The standard InChI is InChI=1S/C10H8F2O3/c1-5(13)6-2-3-8-7(4-6)9(14)10(11,12)15-8/h2-4,9,14H,1H3. The predicted molar refractivity (Wildman–Crippen MR) is 47.0 cm³/mol. The van der Waals surface area contributed by atoms with Gasteiger partial charge in [0.15, 0.2) is 11.9 Å². The number of hydrogen-bond donors (Lipinski definition) is 1. The molecule has 0 saturated carbocycles. The van der Waals surface area contributed by atoms with Crippen LogP contribution in [0.15, 0.2) is 18.2 Å². The Morgan fingerprint density at radius 1 is 1.53 bits per heavy atom. The number of benzene rings is 1. The van der Waals surface area contributed by atoms with E-state index in [1.807, 2.05) is 0 Å². The summed E-state index contributed by atoms with van der Waals surface area (Å²) in [6, 6.07) is 3.87. The molecule has 1 aromatic carbocycles. The molecule has 0 aromatic heterocycles. The molecule has 80 valence electrons. The van der Waals surface area contributed by atoms with Crippen molar-refractivity contribution in [2.24, 2.45) is 0 Å². The first-order valence-electron chi connectivity index (χ1n) is 4.31. The van der Waals surface area contributed by atoms with Crippen molar-refractivity contribution in [2.75, 3.05) is 0 Å². The van der Waals surface area contributed by atoms with Gasteiger partial charge in [-0.25, -0.2) is 0 Å². The number of aliphatic hydroxyl groups is 1. The van der Waals surface area contributed by atoms with Gasteiger partial charge < -0.3 is 9.84 Å². The highest BCUT2D eigenvalue weighted by Crippen LogP contribution is 2.45. The van der Waals surface area contributed by atoms with Crippen LogP contribution in [-0.4, -0.2) is 17.0 Å². The zero-order chi connectivity index (χ0) is 11.2. The summed E-state index contributed by atoms with van der Waals surface area (Å²) in [5.74, 6) is -0.335. The molecule has 0 aliphatic carbocycles. The highest BCUT2D eigenvalue weighted by atomic mass is 19.3. The highest BCUT2D eigenvalue weighted by Gasteiger charge is 2.49. The van der Waals surface area contributed by atoms with E-state index in [1.165, 1.54) is 25.1 Å². The fraction of sp³-hybridized carbons (Fsp3) is 0.300. The molecule has 0 fully saturated rings. The smallest absolute Gasteiger partial charge is 0.429 e. The van der Waals surface area contributed by atoms with E-state index < -0.39 is 12.2 Å². The van der Waals surface area contributed by atoms with E-state index in [0.717, 1.165) is 0 Å². The second-order valence-electron chi connectivity index (χ2n) is 3.38. The van der Waals surface area contributed by atoms with Crippen LogP contribution in [0.25, 0.3) is 0 Å². The number of carbonyl (C=O) groups excluding carboxylic acids is 1. The summed E-state index contributed by atoms with van der Waals surface area (Å²) >= 11 is 0. The number of alkyl halides is 2. The van der Waals surface area contributed by atoms with Gasteiger partial charge in [0.25, 0.3) is 0 Å². The van der Waals surface area contributed by atoms with Crippen molar-refractivity contribution in [1.29, 1.82) is 0 Å². The summed E-state index contributed by atoms with van der Waals surface area (Å²) in [6.07, 6.45) is -5.62. The van der Waals surface area contributed by atoms with Gasteiger partial charge >= 0.3 is 6.11 Å². The molecule has 1 unspecified atom stereocenters. The molecule has 0 amide bonds. The van der Waals surface area contributed by atoms with Crippen molar-refractivity contribution in [3.8, 4) is 5.75 Å². The van der Waals surface area contributed by atoms with Crippen molar-refractivity contribution >= 4 is 5.78 Å². The van der Waals surface area contributed by atoms with Crippen LogP contribution in [0.4, 0.5) is 8.78 Å². The largest absolute Gasteiger partial charge is 0.430 e. The first-order valence-corrected chi connectivity index (χ1v) is 4.31. The van der Waals surface area contributed by atoms with Gasteiger partial charge in [0.05, 0.1) is 0 Å². The molecule has 1 aromatic rings. The van der Waals surface area contributed by atoms with Gasteiger partial charge in [-0.2, -0.15) is 8.78 Å². The molecule has 1 N–H and O–H groups in total. The van der Waals surface area contributed by atoms with Crippen LogP contribution in [0.2, 0.25) is 0 Å². The monoisotopic (exact) mass is 214 g/mol. The number of halogens is 2. The van der Waals surface area contributed by atoms with Crippen molar-refractivity contribution in [3.63, 3.8) is 0 Å². The molecule has 1 atom stereocenters. The van der Waals surface area contributed by atoms with Crippen LogP contribution in [-0.2, 0) is 0 Å². The second kappa shape index (κ2) is 3.00. The Morgan fingerprint density at radius 2 is 2.20 bits per heavy atom. The van der Waals surface area contributed by atoms with Gasteiger partial charge in [-0.3, -0.25) is 4.79 Å². The third-order valence-corrected chi connectivity index (χ3v) is 2.28. The van der Waals surface area contributed by atoms with Crippen LogP contribution in [0.5, 0.6) is 5.75 Å². The lowest BCUT2D eigenvalue weighted by atomic mass is 10.0. The van der Waals surface area contributed by atoms with Crippen LogP contribution in [0.3, 0.4) is 0 Å². The molecule has 3 nitrogen and oxygen atoms in total. The van der Waals surface area contributed by atoms with Crippen molar-refractivity contribution < 1.29 is 23.4 Å². The number of ketones is 1. The number of ether oxygens (including phenoxy) is 1.